The van der Waals surface area contributed by atoms with Gasteiger partial charge in [-0.1, -0.05) is 92.2 Å². The van der Waals surface area contributed by atoms with Crippen LogP contribution in [0.15, 0.2) is 41.3 Å². The van der Waals surface area contributed by atoms with Gasteiger partial charge in [-0.2, -0.15) is 0 Å². The van der Waals surface area contributed by atoms with Crippen LogP contribution < -0.4 is 0 Å². The van der Waals surface area contributed by atoms with E-state index >= 15 is 0 Å². The molecule has 0 radical (unpaired) electrons. The molecular weight excluding hydrogens is 569 g/mol. The Morgan fingerprint density at radius 2 is 1.57 bits per heavy atom. The van der Waals surface area contributed by atoms with Crippen molar-refractivity contribution in [2.24, 2.45) is 10.8 Å². The summed E-state index contributed by atoms with van der Waals surface area (Å²) < 4.78 is 74.3. The van der Waals surface area contributed by atoms with Crippen LogP contribution in [0.25, 0.3) is 0 Å². The number of aliphatic hydroxyl groups excluding tert-OH is 1. The van der Waals surface area contributed by atoms with Crippen molar-refractivity contribution >= 4 is 10.2 Å². The highest BCUT2D eigenvalue weighted by Gasteiger charge is 2.65. The van der Waals surface area contributed by atoms with Gasteiger partial charge in [0.05, 0.1) is 11.7 Å². The number of ether oxygens (including phenoxy) is 1. The number of fused-ring (bicyclic) bond motifs is 1. The van der Waals surface area contributed by atoms with Crippen LogP contribution in [0.2, 0.25) is 0 Å². The predicted octanol–water partition coefficient (Wildman–Crippen LogP) is 11.2. The van der Waals surface area contributed by atoms with Crippen LogP contribution >= 0.6 is 10.2 Å². The molecule has 0 amide bonds. The smallest absolute Gasteiger partial charge is 0.310 e. The second-order valence-electron chi connectivity index (χ2n) is 14.8. The summed E-state index contributed by atoms with van der Waals surface area (Å²) in [4.78, 5) is 3.18. The summed E-state index contributed by atoms with van der Waals surface area (Å²) >= 11 is 0. The van der Waals surface area contributed by atoms with E-state index in [2.05, 4.69) is 60.6 Å². The first-order chi connectivity index (χ1) is 18.8. The SMILES string of the molecule is CC(C)c1nc2c(c(C3C=CCC3)c1[C@H](O)c1ccc(S(F)(F)(F)(F)F)cc1)C(OC(C)(C)C(C)(C)C)CC(C)(C)C2. The van der Waals surface area contributed by atoms with Crippen molar-refractivity contribution in [2.45, 2.75) is 123 Å². The summed E-state index contributed by atoms with van der Waals surface area (Å²) in [6.07, 6.45) is 5.68. The van der Waals surface area contributed by atoms with Gasteiger partial charge in [0, 0.05) is 28.4 Å². The van der Waals surface area contributed by atoms with Crippen molar-refractivity contribution in [3.05, 3.63) is 70.1 Å². The standard InChI is InChI=1S/C33H46F5NO2S/c1-20(2)29-28(30(40)22-14-16-23(17-15-22)42(34,35,36,37)38)26(21-12-10-11-13-21)27-24(39-29)18-32(6,7)19-25(27)41-33(8,9)31(3,4)5/h10,12,14-17,20-21,25,30,40H,11,13,18-19H2,1-9H3/t21?,25?,30-/m1/s1. The molecule has 2 unspecified atom stereocenters. The highest BCUT2D eigenvalue weighted by molar-refractivity contribution is 8.45. The fraction of sp³-hybridized carbons (Fsp3) is 0.606. The van der Waals surface area contributed by atoms with Gasteiger partial charge in [0.15, 0.2) is 0 Å². The average molecular weight is 616 g/mol. The van der Waals surface area contributed by atoms with E-state index in [1.54, 1.807) is 0 Å². The molecule has 1 N–H and O–H groups in total. The minimum Gasteiger partial charge on any atom is -0.384 e. The molecule has 9 heteroatoms. The highest BCUT2D eigenvalue weighted by atomic mass is 32.5. The second-order valence-corrected chi connectivity index (χ2v) is 17.2. The second kappa shape index (κ2) is 9.77. The van der Waals surface area contributed by atoms with Crippen LogP contribution in [-0.2, 0) is 11.2 Å². The molecule has 1 aromatic heterocycles. The van der Waals surface area contributed by atoms with Crippen molar-refractivity contribution < 1.29 is 29.3 Å². The van der Waals surface area contributed by atoms with Crippen molar-refractivity contribution in [3.8, 4) is 0 Å². The molecule has 4 rings (SSSR count). The van der Waals surface area contributed by atoms with E-state index in [9.17, 15) is 24.5 Å². The maximum atomic E-state index is 13.5. The molecule has 3 nitrogen and oxygen atoms in total. The van der Waals surface area contributed by atoms with Gasteiger partial charge in [0.1, 0.15) is 11.0 Å². The topological polar surface area (TPSA) is 42.4 Å². The summed E-state index contributed by atoms with van der Waals surface area (Å²) in [7, 11) is -9.85. The minimum absolute atomic E-state index is 0.0436. The number of aliphatic hydroxyl groups is 1. The van der Waals surface area contributed by atoms with Crippen LogP contribution in [-0.4, -0.2) is 15.7 Å². The molecule has 2 aromatic rings. The Kier molecular flexibility index (Phi) is 7.66. The Morgan fingerprint density at radius 3 is 2.05 bits per heavy atom. The molecular formula is C33H46F5NO2S. The quantitative estimate of drug-likeness (QED) is 0.249. The minimum atomic E-state index is -9.85. The largest absolute Gasteiger partial charge is 0.384 e. The lowest BCUT2D eigenvalue weighted by Crippen LogP contribution is -2.43. The van der Waals surface area contributed by atoms with Gasteiger partial charge in [-0.15, -0.1) is 0 Å². The number of allylic oxidation sites excluding steroid dienone is 2. The number of nitrogens with zero attached hydrogens (tertiary/aromatic N) is 1. The molecule has 2 aliphatic carbocycles. The van der Waals surface area contributed by atoms with Crippen molar-refractivity contribution in [3.63, 3.8) is 0 Å². The molecule has 0 aliphatic heterocycles. The molecule has 0 bridgehead atoms. The maximum Gasteiger partial charge on any atom is 0.310 e. The lowest BCUT2D eigenvalue weighted by Gasteiger charge is -2.46. The Hall–Kier alpha value is -1.97. The third-order valence-corrected chi connectivity index (χ3v) is 10.4. The number of pyridine rings is 1. The Morgan fingerprint density at radius 1 is 0.976 bits per heavy atom. The first-order valence-electron chi connectivity index (χ1n) is 14.7. The average Bonchev–Trinajstić information content (AvgIpc) is 3.34. The summed E-state index contributed by atoms with van der Waals surface area (Å²) in [5.74, 6) is -0.151. The number of benzene rings is 1. The van der Waals surface area contributed by atoms with E-state index in [1.165, 1.54) is 0 Å². The lowest BCUT2D eigenvalue weighted by atomic mass is 9.70. The van der Waals surface area contributed by atoms with E-state index in [0.717, 1.165) is 54.6 Å². The third kappa shape index (κ3) is 6.58. The molecule has 236 valence electrons. The van der Waals surface area contributed by atoms with Gasteiger partial charge in [-0.3, -0.25) is 4.98 Å². The molecule has 2 aliphatic rings. The molecule has 0 saturated heterocycles. The van der Waals surface area contributed by atoms with Crippen LogP contribution in [0, 0.1) is 10.8 Å². The van der Waals surface area contributed by atoms with Gasteiger partial charge < -0.3 is 9.84 Å². The van der Waals surface area contributed by atoms with E-state index in [1.807, 2.05) is 13.8 Å². The molecule has 0 fully saturated rings. The van der Waals surface area contributed by atoms with E-state index in [4.69, 9.17) is 9.72 Å². The van der Waals surface area contributed by atoms with E-state index in [-0.39, 0.29) is 34.3 Å². The molecule has 1 heterocycles. The molecule has 42 heavy (non-hydrogen) atoms. The van der Waals surface area contributed by atoms with Gasteiger partial charge in [0.25, 0.3) is 0 Å². The van der Waals surface area contributed by atoms with Gasteiger partial charge >= 0.3 is 10.2 Å². The number of aromatic nitrogens is 1. The molecule has 0 saturated carbocycles. The van der Waals surface area contributed by atoms with Crippen molar-refractivity contribution in [2.75, 3.05) is 0 Å². The highest BCUT2D eigenvalue weighted by Crippen LogP contribution is 3.02. The zero-order valence-corrected chi connectivity index (χ0v) is 27.0. The van der Waals surface area contributed by atoms with E-state index < -0.39 is 26.8 Å². The summed E-state index contributed by atoms with van der Waals surface area (Å²) in [6.45, 7) is 18.9. The maximum absolute atomic E-state index is 13.5. The van der Waals surface area contributed by atoms with Crippen LogP contribution in [0.5, 0.6) is 0 Å². The predicted molar refractivity (Wildman–Crippen MR) is 161 cm³/mol. The molecule has 3 atom stereocenters. The molecule has 0 spiro atoms. The number of halogens is 5. The normalized spacial score (nSPS) is 23.4. The van der Waals surface area contributed by atoms with Crippen molar-refractivity contribution in [1.82, 2.24) is 4.98 Å². The fourth-order valence-electron chi connectivity index (χ4n) is 6.03. The van der Waals surface area contributed by atoms with Gasteiger partial charge in [-0.25, -0.2) is 0 Å². The van der Waals surface area contributed by atoms with Gasteiger partial charge in [0.2, 0.25) is 0 Å². The zero-order valence-electron chi connectivity index (χ0n) is 26.2. The van der Waals surface area contributed by atoms with Crippen molar-refractivity contribution in [1.29, 1.82) is 0 Å². The Balaban J connectivity index is 1.98. The fourth-order valence-corrected chi connectivity index (χ4v) is 6.69. The number of rotatable bonds is 7. The number of hydrogen-bond donors (Lipinski definition) is 1. The Labute approximate surface area is 247 Å². The van der Waals surface area contributed by atoms with Crippen LogP contribution in [0.1, 0.15) is 139 Å². The van der Waals surface area contributed by atoms with Crippen LogP contribution in [0.4, 0.5) is 19.4 Å². The lowest BCUT2D eigenvalue weighted by molar-refractivity contribution is -0.146. The summed E-state index contributed by atoms with van der Waals surface area (Å²) in [6, 6.07) is 2.65. The zero-order chi connectivity index (χ0) is 31.7. The first kappa shape index (κ1) is 32.9. The monoisotopic (exact) mass is 615 g/mol. The van der Waals surface area contributed by atoms with Gasteiger partial charge in [-0.05, 0) is 79.5 Å². The summed E-state index contributed by atoms with van der Waals surface area (Å²) in [5, 5.41) is 11.9. The molecule has 1 aromatic carbocycles. The van der Waals surface area contributed by atoms with E-state index in [0.29, 0.717) is 23.4 Å². The first-order valence-corrected chi connectivity index (χ1v) is 16.7. The number of hydrogen-bond acceptors (Lipinski definition) is 3. The third-order valence-electron chi connectivity index (χ3n) is 9.22. The van der Waals surface area contributed by atoms with Crippen LogP contribution in [0.3, 0.4) is 0 Å². The Bertz CT molecular complexity index is 1370. The summed E-state index contributed by atoms with van der Waals surface area (Å²) in [5.41, 5.74) is 3.31.